The highest BCUT2D eigenvalue weighted by Gasteiger charge is 2.30. The van der Waals surface area contributed by atoms with Gasteiger partial charge in [0.25, 0.3) is 0 Å². The van der Waals surface area contributed by atoms with Gasteiger partial charge < -0.3 is 10.2 Å². The van der Waals surface area contributed by atoms with E-state index in [1.54, 1.807) is 0 Å². The molecule has 21 heavy (non-hydrogen) atoms. The first-order valence-corrected chi connectivity index (χ1v) is 8.99. The highest BCUT2D eigenvalue weighted by molar-refractivity contribution is 4.86. The van der Waals surface area contributed by atoms with Crippen LogP contribution in [0.5, 0.6) is 0 Å². The predicted octanol–water partition coefficient (Wildman–Crippen LogP) is 3.21. The second kappa shape index (κ2) is 8.50. The molecular formula is C18H39N3. The van der Waals surface area contributed by atoms with Crippen LogP contribution in [0.2, 0.25) is 0 Å². The lowest BCUT2D eigenvalue weighted by atomic mass is 9.84. The van der Waals surface area contributed by atoms with Crippen LogP contribution in [0.4, 0.5) is 0 Å². The van der Waals surface area contributed by atoms with Crippen LogP contribution < -0.4 is 5.32 Å². The molecule has 126 valence electrons. The summed E-state index contributed by atoms with van der Waals surface area (Å²) < 4.78 is 0. The van der Waals surface area contributed by atoms with Crippen molar-refractivity contribution in [1.82, 2.24) is 15.1 Å². The van der Waals surface area contributed by atoms with Gasteiger partial charge in [0.1, 0.15) is 0 Å². The molecule has 1 aliphatic heterocycles. The van der Waals surface area contributed by atoms with Crippen molar-refractivity contribution in [3.8, 4) is 0 Å². The third-order valence-electron chi connectivity index (χ3n) is 4.76. The van der Waals surface area contributed by atoms with Crippen LogP contribution in [0.25, 0.3) is 0 Å². The Morgan fingerprint density at radius 2 is 1.52 bits per heavy atom. The average molecular weight is 298 g/mol. The maximum Gasteiger partial charge on any atom is 0.0126 e. The number of nitrogens with zero attached hydrogens (tertiary/aromatic N) is 2. The Balaban J connectivity index is 2.45. The summed E-state index contributed by atoms with van der Waals surface area (Å²) in [5.74, 6) is 0. The minimum Gasteiger partial charge on any atom is -0.316 e. The number of nitrogens with one attached hydrogen (secondary N) is 1. The summed E-state index contributed by atoms with van der Waals surface area (Å²) in [6.45, 7) is 22.5. The summed E-state index contributed by atoms with van der Waals surface area (Å²) in [6, 6.07) is 0. The Kier molecular flexibility index (Phi) is 7.66. The lowest BCUT2D eigenvalue weighted by molar-refractivity contribution is 0.0406. The molecule has 0 bridgehead atoms. The molecule has 1 aliphatic rings. The molecule has 1 unspecified atom stereocenters. The zero-order valence-corrected chi connectivity index (χ0v) is 15.5. The Morgan fingerprint density at radius 3 is 2.00 bits per heavy atom. The van der Waals surface area contributed by atoms with Gasteiger partial charge in [-0.05, 0) is 45.6 Å². The molecule has 1 N–H and O–H groups in total. The van der Waals surface area contributed by atoms with Gasteiger partial charge in [-0.25, -0.2) is 0 Å². The average Bonchev–Trinajstić information content (AvgIpc) is 2.38. The van der Waals surface area contributed by atoms with E-state index in [1.165, 1.54) is 52.0 Å². The zero-order chi connectivity index (χ0) is 15.9. The van der Waals surface area contributed by atoms with Crippen LogP contribution in [0.1, 0.15) is 60.8 Å². The van der Waals surface area contributed by atoms with Crippen molar-refractivity contribution in [1.29, 1.82) is 0 Å². The van der Waals surface area contributed by atoms with Crippen molar-refractivity contribution in [2.75, 3.05) is 45.8 Å². The van der Waals surface area contributed by atoms with Gasteiger partial charge in [-0.1, -0.05) is 27.2 Å². The number of hydrogen-bond donors (Lipinski definition) is 1. The predicted molar refractivity (Wildman–Crippen MR) is 93.9 cm³/mol. The van der Waals surface area contributed by atoms with E-state index in [0.717, 1.165) is 13.1 Å². The minimum atomic E-state index is 0.321. The number of hydrogen-bond acceptors (Lipinski definition) is 3. The van der Waals surface area contributed by atoms with Crippen molar-refractivity contribution in [2.24, 2.45) is 5.41 Å². The fraction of sp³-hybridized carbons (Fsp3) is 1.00. The first-order chi connectivity index (χ1) is 9.80. The van der Waals surface area contributed by atoms with Crippen molar-refractivity contribution in [3.05, 3.63) is 0 Å². The second-order valence-electron chi connectivity index (χ2n) is 8.17. The fourth-order valence-corrected chi connectivity index (χ4v) is 3.51. The summed E-state index contributed by atoms with van der Waals surface area (Å²) in [6.07, 6.45) is 3.84. The van der Waals surface area contributed by atoms with Crippen LogP contribution in [-0.4, -0.2) is 61.2 Å². The van der Waals surface area contributed by atoms with E-state index in [1.807, 2.05) is 0 Å². The topological polar surface area (TPSA) is 18.5 Å². The van der Waals surface area contributed by atoms with Gasteiger partial charge in [0.2, 0.25) is 0 Å². The molecule has 1 fully saturated rings. The molecule has 0 aromatic heterocycles. The summed E-state index contributed by atoms with van der Waals surface area (Å²) in [4.78, 5) is 5.31. The Morgan fingerprint density at radius 1 is 0.905 bits per heavy atom. The number of rotatable bonds is 8. The van der Waals surface area contributed by atoms with E-state index >= 15 is 0 Å². The molecule has 0 amide bonds. The largest absolute Gasteiger partial charge is 0.316 e. The van der Waals surface area contributed by atoms with Crippen LogP contribution >= 0.6 is 0 Å². The van der Waals surface area contributed by atoms with Crippen LogP contribution in [0.3, 0.4) is 0 Å². The molecule has 1 heterocycles. The molecule has 0 aromatic rings. The molecular weight excluding hydrogens is 258 g/mol. The highest BCUT2D eigenvalue weighted by Crippen LogP contribution is 2.25. The number of piperazine rings is 1. The molecule has 0 radical (unpaired) electrons. The summed E-state index contributed by atoms with van der Waals surface area (Å²) in [7, 11) is 0. The molecule has 0 spiro atoms. The van der Waals surface area contributed by atoms with Crippen LogP contribution in [0, 0.1) is 5.41 Å². The molecule has 1 saturated heterocycles. The van der Waals surface area contributed by atoms with E-state index in [0.29, 0.717) is 11.0 Å². The Bertz CT molecular complexity index is 277. The summed E-state index contributed by atoms with van der Waals surface area (Å²) >= 11 is 0. The zero-order valence-electron chi connectivity index (χ0n) is 15.5. The molecule has 3 nitrogen and oxygen atoms in total. The molecule has 3 heteroatoms. The van der Waals surface area contributed by atoms with E-state index < -0.39 is 0 Å². The maximum absolute atomic E-state index is 3.65. The standard InChI is InChI=1S/C18H39N3/c1-7-9-18(6,15-19-10-8-2)16-20-11-13-21(14-12-20)17(3,4)5/h19H,7-16H2,1-6H3. The van der Waals surface area contributed by atoms with E-state index in [2.05, 4.69) is 56.7 Å². The van der Waals surface area contributed by atoms with Crippen molar-refractivity contribution >= 4 is 0 Å². The summed E-state index contributed by atoms with van der Waals surface area (Å²) in [5, 5.41) is 3.65. The monoisotopic (exact) mass is 297 g/mol. The van der Waals surface area contributed by atoms with Gasteiger partial charge in [0.15, 0.2) is 0 Å². The van der Waals surface area contributed by atoms with Gasteiger partial charge in [0, 0.05) is 44.8 Å². The second-order valence-corrected chi connectivity index (χ2v) is 8.17. The van der Waals surface area contributed by atoms with Gasteiger partial charge in [0.05, 0.1) is 0 Å². The lowest BCUT2D eigenvalue weighted by Gasteiger charge is -2.44. The van der Waals surface area contributed by atoms with Gasteiger partial charge >= 0.3 is 0 Å². The van der Waals surface area contributed by atoms with Crippen LogP contribution in [-0.2, 0) is 0 Å². The minimum absolute atomic E-state index is 0.321. The first-order valence-electron chi connectivity index (χ1n) is 8.99. The molecule has 1 rings (SSSR count). The molecule has 0 saturated carbocycles. The third-order valence-corrected chi connectivity index (χ3v) is 4.76. The fourth-order valence-electron chi connectivity index (χ4n) is 3.51. The van der Waals surface area contributed by atoms with Crippen molar-refractivity contribution in [2.45, 2.75) is 66.3 Å². The Hall–Kier alpha value is -0.120. The van der Waals surface area contributed by atoms with E-state index in [9.17, 15) is 0 Å². The Labute approximate surface area is 133 Å². The first kappa shape index (κ1) is 18.9. The van der Waals surface area contributed by atoms with E-state index in [4.69, 9.17) is 0 Å². The summed E-state index contributed by atoms with van der Waals surface area (Å²) in [5.41, 5.74) is 0.745. The van der Waals surface area contributed by atoms with E-state index in [-0.39, 0.29) is 0 Å². The van der Waals surface area contributed by atoms with Crippen molar-refractivity contribution in [3.63, 3.8) is 0 Å². The van der Waals surface area contributed by atoms with Gasteiger partial charge in [-0.3, -0.25) is 4.90 Å². The normalized spacial score (nSPS) is 21.4. The van der Waals surface area contributed by atoms with Crippen LogP contribution in [0.15, 0.2) is 0 Å². The molecule has 0 aromatic carbocycles. The smallest absolute Gasteiger partial charge is 0.0126 e. The van der Waals surface area contributed by atoms with Gasteiger partial charge in [-0.2, -0.15) is 0 Å². The quantitative estimate of drug-likeness (QED) is 0.694. The van der Waals surface area contributed by atoms with Gasteiger partial charge in [-0.15, -0.1) is 0 Å². The SMILES string of the molecule is CCCNCC(C)(CCC)CN1CCN(C(C)(C)C)CC1. The molecule has 1 atom stereocenters. The highest BCUT2D eigenvalue weighted by atomic mass is 15.3. The third kappa shape index (κ3) is 6.66. The van der Waals surface area contributed by atoms with Crippen molar-refractivity contribution < 1.29 is 0 Å². The lowest BCUT2D eigenvalue weighted by Crippen LogP contribution is -2.55. The maximum atomic E-state index is 3.65. The molecule has 0 aliphatic carbocycles.